The Morgan fingerprint density at radius 2 is 1.55 bits per heavy atom. The van der Waals surface area contributed by atoms with E-state index in [-0.39, 0.29) is 23.3 Å². The van der Waals surface area contributed by atoms with Crippen LogP contribution in [0.1, 0.15) is 46.1 Å². The molecule has 146 valence electrons. The van der Waals surface area contributed by atoms with Gasteiger partial charge in [0.25, 0.3) is 0 Å². The third-order valence-electron chi connectivity index (χ3n) is 5.65. The standard InChI is InChI=1S/C25H23NO3/c26-24(29)14-3-16-1-4-18(5-2-16)25-22(17-6-9-20(27)10-7-17)12-8-19-15-21(28)11-13-23(19)25/h1-7,9-11,13-15,22,25,27-28H,8,12H2,(H2,26,29). The van der Waals surface area contributed by atoms with E-state index in [1.54, 1.807) is 24.3 Å². The molecule has 2 atom stereocenters. The van der Waals surface area contributed by atoms with Crippen LogP contribution in [0.25, 0.3) is 6.08 Å². The number of hydrogen-bond donors (Lipinski definition) is 3. The van der Waals surface area contributed by atoms with E-state index >= 15 is 0 Å². The molecule has 1 aliphatic rings. The van der Waals surface area contributed by atoms with Gasteiger partial charge < -0.3 is 15.9 Å². The van der Waals surface area contributed by atoms with Gasteiger partial charge >= 0.3 is 0 Å². The van der Waals surface area contributed by atoms with Gasteiger partial charge in [0.1, 0.15) is 11.5 Å². The first-order valence-corrected chi connectivity index (χ1v) is 9.69. The van der Waals surface area contributed by atoms with E-state index in [4.69, 9.17) is 5.73 Å². The maximum absolute atomic E-state index is 11.0. The number of carbonyl (C=O) groups is 1. The number of amides is 1. The molecule has 4 nitrogen and oxygen atoms in total. The van der Waals surface area contributed by atoms with E-state index in [9.17, 15) is 15.0 Å². The second kappa shape index (κ2) is 7.84. The molecule has 0 radical (unpaired) electrons. The van der Waals surface area contributed by atoms with Gasteiger partial charge in [-0.15, -0.1) is 0 Å². The van der Waals surface area contributed by atoms with E-state index in [1.165, 1.54) is 28.3 Å². The molecule has 1 aliphatic carbocycles. The second-order valence-electron chi connectivity index (χ2n) is 7.50. The van der Waals surface area contributed by atoms with Gasteiger partial charge in [0.2, 0.25) is 5.91 Å². The van der Waals surface area contributed by atoms with Crippen molar-refractivity contribution in [2.45, 2.75) is 24.7 Å². The minimum absolute atomic E-state index is 0.137. The van der Waals surface area contributed by atoms with E-state index in [0.29, 0.717) is 0 Å². The summed E-state index contributed by atoms with van der Waals surface area (Å²) in [6.45, 7) is 0. The van der Waals surface area contributed by atoms with Crippen LogP contribution in [0, 0.1) is 0 Å². The van der Waals surface area contributed by atoms with Crippen LogP contribution < -0.4 is 5.73 Å². The Morgan fingerprint density at radius 3 is 2.24 bits per heavy atom. The van der Waals surface area contributed by atoms with Crippen molar-refractivity contribution in [1.29, 1.82) is 0 Å². The summed E-state index contributed by atoms with van der Waals surface area (Å²) >= 11 is 0. The van der Waals surface area contributed by atoms with Gasteiger partial charge in [0, 0.05) is 12.0 Å². The Labute approximate surface area is 169 Å². The first-order valence-electron chi connectivity index (χ1n) is 9.69. The van der Waals surface area contributed by atoms with Gasteiger partial charge in [0.15, 0.2) is 0 Å². The van der Waals surface area contributed by atoms with Gasteiger partial charge in [-0.1, -0.05) is 42.5 Å². The Kier molecular flexibility index (Phi) is 5.09. The Morgan fingerprint density at radius 1 is 0.897 bits per heavy atom. The van der Waals surface area contributed by atoms with Crippen LogP contribution in [0.15, 0.2) is 72.8 Å². The SMILES string of the molecule is NC(=O)C=Cc1ccc(C2c3ccc(O)cc3CCC2c2ccc(O)cc2)cc1. The molecule has 4 rings (SSSR count). The third kappa shape index (κ3) is 4.02. The summed E-state index contributed by atoms with van der Waals surface area (Å²) in [5.41, 5.74) is 10.8. The smallest absolute Gasteiger partial charge is 0.241 e. The van der Waals surface area contributed by atoms with Crippen molar-refractivity contribution in [1.82, 2.24) is 0 Å². The number of phenols is 2. The molecule has 2 unspecified atom stereocenters. The van der Waals surface area contributed by atoms with Crippen LogP contribution in [0.3, 0.4) is 0 Å². The highest BCUT2D eigenvalue weighted by atomic mass is 16.3. The predicted molar refractivity (Wildman–Crippen MR) is 114 cm³/mol. The first-order chi connectivity index (χ1) is 14.0. The fourth-order valence-electron chi connectivity index (χ4n) is 4.29. The average molecular weight is 385 g/mol. The number of aromatic hydroxyl groups is 2. The molecule has 0 heterocycles. The number of fused-ring (bicyclic) bond motifs is 1. The molecule has 29 heavy (non-hydrogen) atoms. The van der Waals surface area contributed by atoms with E-state index in [2.05, 4.69) is 12.1 Å². The number of aryl methyl sites for hydroxylation is 1. The van der Waals surface area contributed by atoms with Crippen molar-refractivity contribution in [3.63, 3.8) is 0 Å². The molecule has 0 spiro atoms. The summed E-state index contributed by atoms with van der Waals surface area (Å²) in [5.74, 6) is 0.481. The van der Waals surface area contributed by atoms with Gasteiger partial charge in [-0.25, -0.2) is 0 Å². The lowest BCUT2D eigenvalue weighted by atomic mass is 9.69. The van der Waals surface area contributed by atoms with Crippen LogP contribution >= 0.6 is 0 Å². The Bertz CT molecular complexity index is 1050. The van der Waals surface area contributed by atoms with Crippen molar-refractivity contribution >= 4 is 12.0 Å². The number of phenolic OH excluding ortho intramolecular Hbond substituents is 2. The van der Waals surface area contributed by atoms with Crippen molar-refractivity contribution in [3.05, 3.63) is 101 Å². The summed E-state index contributed by atoms with van der Waals surface area (Å²) < 4.78 is 0. The highest BCUT2D eigenvalue weighted by Gasteiger charge is 2.32. The van der Waals surface area contributed by atoms with Crippen molar-refractivity contribution in [3.8, 4) is 11.5 Å². The van der Waals surface area contributed by atoms with Crippen LogP contribution in [0.2, 0.25) is 0 Å². The van der Waals surface area contributed by atoms with Crippen LogP contribution in [0.5, 0.6) is 11.5 Å². The van der Waals surface area contributed by atoms with Crippen molar-refractivity contribution < 1.29 is 15.0 Å². The lowest BCUT2D eigenvalue weighted by Crippen LogP contribution is -2.20. The summed E-state index contributed by atoms with van der Waals surface area (Å²) in [5, 5.41) is 19.6. The number of benzene rings is 3. The molecular weight excluding hydrogens is 362 g/mol. The summed E-state index contributed by atoms with van der Waals surface area (Å²) in [4.78, 5) is 11.0. The summed E-state index contributed by atoms with van der Waals surface area (Å²) in [6, 6.07) is 21.2. The zero-order valence-electron chi connectivity index (χ0n) is 16.0. The van der Waals surface area contributed by atoms with Gasteiger partial charge in [-0.3, -0.25) is 4.79 Å². The van der Waals surface area contributed by atoms with Gasteiger partial charge in [0.05, 0.1) is 0 Å². The fraction of sp³-hybridized carbons (Fsp3) is 0.160. The zero-order valence-corrected chi connectivity index (χ0v) is 16.0. The molecule has 0 bridgehead atoms. The van der Waals surface area contributed by atoms with Crippen LogP contribution in [0.4, 0.5) is 0 Å². The van der Waals surface area contributed by atoms with E-state index in [0.717, 1.165) is 18.4 Å². The Hall–Kier alpha value is -3.53. The minimum atomic E-state index is -0.470. The third-order valence-corrected chi connectivity index (χ3v) is 5.65. The molecule has 1 amide bonds. The molecule has 0 saturated heterocycles. The zero-order chi connectivity index (χ0) is 20.4. The Balaban J connectivity index is 1.76. The maximum atomic E-state index is 11.0. The number of primary amides is 1. The number of hydrogen-bond acceptors (Lipinski definition) is 3. The van der Waals surface area contributed by atoms with Crippen LogP contribution in [-0.2, 0) is 11.2 Å². The predicted octanol–water partition coefficient (Wildman–Crippen LogP) is 4.46. The molecular formula is C25H23NO3. The first kappa shape index (κ1) is 18.8. The largest absolute Gasteiger partial charge is 0.508 e. The van der Waals surface area contributed by atoms with Crippen molar-refractivity contribution in [2.24, 2.45) is 5.73 Å². The molecule has 4 N–H and O–H groups in total. The summed E-state index contributed by atoms with van der Waals surface area (Å²) in [6.07, 6.45) is 4.91. The number of rotatable bonds is 4. The lowest BCUT2D eigenvalue weighted by Gasteiger charge is -2.35. The summed E-state index contributed by atoms with van der Waals surface area (Å²) in [7, 11) is 0. The maximum Gasteiger partial charge on any atom is 0.241 e. The number of carbonyl (C=O) groups excluding carboxylic acids is 1. The fourth-order valence-corrected chi connectivity index (χ4v) is 4.29. The highest BCUT2D eigenvalue weighted by molar-refractivity contribution is 5.90. The quantitative estimate of drug-likeness (QED) is 0.580. The molecule has 0 fully saturated rings. The highest BCUT2D eigenvalue weighted by Crippen LogP contribution is 2.47. The number of nitrogens with two attached hydrogens (primary N) is 1. The lowest BCUT2D eigenvalue weighted by molar-refractivity contribution is -0.113. The molecule has 0 aliphatic heterocycles. The second-order valence-corrected chi connectivity index (χ2v) is 7.50. The average Bonchev–Trinajstić information content (AvgIpc) is 2.72. The van der Waals surface area contributed by atoms with Gasteiger partial charge in [-0.2, -0.15) is 0 Å². The van der Waals surface area contributed by atoms with E-state index in [1.807, 2.05) is 36.4 Å². The van der Waals surface area contributed by atoms with Crippen molar-refractivity contribution in [2.75, 3.05) is 0 Å². The van der Waals surface area contributed by atoms with Gasteiger partial charge in [-0.05, 0) is 76.9 Å². The monoisotopic (exact) mass is 385 g/mol. The molecule has 0 aromatic heterocycles. The molecule has 3 aromatic rings. The van der Waals surface area contributed by atoms with E-state index < -0.39 is 5.91 Å². The van der Waals surface area contributed by atoms with Crippen LogP contribution in [-0.4, -0.2) is 16.1 Å². The molecule has 0 saturated carbocycles. The minimum Gasteiger partial charge on any atom is -0.508 e. The normalized spacial score (nSPS) is 18.5. The molecule has 4 heteroatoms. The molecule has 3 aromatic carbocycles. The topological polar surface area (TPSA) is 83.6 Å².